The summed E-state index contributed by atoms with van der Waals surface area (Å²) < 4.78 is 41.1. The zero-order chi connectivity index (χ0) is 18.2. The van der Waals surface area contributed by atoms with Crippen LogP contribution in [0.3, 0.4) is 0 Å². The molecule has 0 aliphatic rings. The van der Waals surface area contributed by atoms with Gasteiger partial charge in [0.1, 0.15) is 5.03 Å². The van der Waals surface area contributed by atoms with Gasteiger partial charge in [-0.15, -0.1) is 10.2 Å². The number of thioether (sulfide) groups is 1. The van der Waals surface area contributed by atoms with Crippen molar-refractivity contribution >= 4 is 34.5 Å². The van der Waals surface area contributed by atoms with Gasteiger partial charge in [0.05, 0.1) is 17.6 Å². The van der Waals surface area contributed by atoms with Gasteiger partial charge in [-0.3, -0.25) is 4.40 Å². The summed E-state index contributed by atoms with van der Waals surface area (Å²) in [7, 11) is 0. The summed E-state index contributed by atoms with van der Waals surface area (Å²) in [6, 6.07) is 4.95. The minimum absolute atomic E-state index is 0.0850. The highest BCUT2D eigenvalue weighted by Gasteiger charge is 2.38. The monoisotopic (exact) mass is 368 g/mol. The summed E-state index contributed by atoms with van der Waals surface area (Å²) in [5.41, 5.74) is 1.42. The van der Waals surface area contributed by atoms with E-state index in [2.05, 4.69) is 15.2 Å². The Kier molecular flexibility index (Phi) is 4.70. The molecule has 5 nitrogen and oxygen atoms in total. The molecule has 2 aromatic heterocycles. The van der Waals surface area contributed by atoms with Crippen LogP contribution >= 0.6 is 11.8 Å². The molecule has 0 aliphatic carbocycles. The van der Waals surface area contributed by atoms with Crippen molar-refractivity contribution in [3.63, 3.8) is 0 Å². The van der Waals surface area contributed by atoms with Crippen LogP contribution in [0.25, 0.3) is 22.8 Å². The van der Waals surface area contributed by atoms with Gasteiger partial charge < -0.3 is 5.11 Å². The zero-order valence-corrected chi connectivity index (χ0v) is 14.3. The molecule has 1 N–H and O–H groups in total. The van der Waals surface area contributed by atoms with Gasteiger partial charge in [0.25, 0.3) is 0 Å². The topological polar surface area (TPSA) is 63.3 Å². The van der Waals surface area contributed by atoms with Crippen molar-refractivity contribution in [1.82, 2.24) is 19.6 Å². The standard InChI is InChI=1S/C16H15F3N4OS/c1-9(2)25-14-13-21-22-15(16(17,18)19)23(13)12-8-10(4-3-7-24)5-6-11(12)20-14/h3-6,8-9,24H,7H2,1-2H3. The molecule has 9 heteroatoms. The first-order valence-corrected chi connectivity index (χ1v) is 8.39. The Morgan fingerprint density at radius 3 is 2.68 bits per heavy atom. The largest absolute Gasteiger partial charge is 0.452 e. The minimum Gasteiger partial charge on any atom is -0.392 e. The lowest BCUT2D eigenvalue weighted by molar-refractivity contribution is -0.145. The normalized spacial score (nSPS) is 12.9. The molecule has 0 saturated carbocycles. The van der Waals surface area contributed by atoms with Gasteiger partial charge in [-0.05, 0) is 17.7 Å². The Labute approximate surface area is 145 Å². The van der Waals surface area contributed by atoms with Crippen molar-refractivity contribution in [2.75, 3.05) is 6.61 Å². The second-order valence-electron chi connectivity index (χ2n) is 5.60. The van der Waals surface area contributed by atoms with Gasteiger partial charge in [0, 0.05) is 5.25 Å². The second kappa shape index (κ2) is 6.64. The average molecular weight is 368 g/mol. The smallest absolute Gasteiger partial charge is 0.392 e. The van der Waals surface area contributed by atoms with Crippen molar-refractivity contribution in [2.24, 2.45) is 0 Å². The molecule has 0 spiro atoms. The maximum Gasteiger partial charge on any atom is 0.452 e. The van der Waals surface area contributed by atoms with Crippen LogP contribution in [-0.2, 0) is 6.18 Å². The van der Waals surface area contributed by atoms with Crippen LogP contribution in [0.15, 0.2) is 29.3 Å². The molecule has 3 aromatic rings. The van der Waals surface area contributed by atoms with E-state index in [1.54, 1.807) is 24.3 Å². The number of rotatable bonds is 4. The molecule has 0 fully saturated rings. The molecule has 0 amide bonds. The number of nitrogens with zero attached hydrogens (tertiary/aromatic N) is 4. The molecule has 3 rings (SSSR count). The van der Waals surface area contributed by atoms with Gasteiger partial charge in [-0.2, -0.15) is 13.2 Å². The molecular formula is C16H15F3N4OS. The van der Waals surface area contributed by atoms with Crippen molar-refractivity contribution in [2.45, 2.75) is 30.3 Å². The van der Waals surface area contributed by atoms with Gasteiger partial charge in [0.15, 0.2) is 5.65 Å². The van der Waals surface area contributed by atoms with E-state index in [1.165, 1.54) is 17.8 Å². The van der Waals surface area contributed by atoms with E-state index in [1.807, 2.05) is 13.8 Å². The quantitative estimate of drug-likeness (QED) is 0.710. The third kappa shape index (κ3) is 3.47. The number of halogens is 3. The minimum atomic E-state index is -4.63. The maximum absolute atomic E-state index is 13.4. The Bertz CT molecular complexity index is 950. The Morgan fingerprint density at radius 2 is 2.04 bits per heavy atom. The summed E-state index contributed by atoms with van der Waals surface area (Å²) in [5, 5.41) is 16.5. The first-order valence-electron chi connectivity index (χ1n) is 7.51. The molecule has 0 radical (unpaired) electrons. The van der Waals surface area contributed by atoms with E-state index in [4.69, 9.17) is 5.11 Å². The third-order valence-electron chi connectivity index (χ3n) is 3.33. The lowest BCUT2D eigenvalue weighted by Crippen LogP contribution is -2.12. The van der Waals surface area contributed by atoms with E-state index >= 15 is 0 Å². The molecular weight excluding hydrogens is 353 g/mol. The molecule has 0 bridgehead atoms. The highest BCUT2D eigenvalue weighted by molar-refractivity contribution is 8.00. The van der Waals surface area contributed by atoms with Crippen LogP contribution in [0.4, 0.5) is 13.2 Å². The Morgan fingerprint density at radius 1 is 1.28 bits per heavy atom. The average Bonchev–Trinajstić information content (AvgIpc) is 2.98. The fourth-order valence-electron chi connectivity index (χ4n) is 2.40. The van der Waals surface area contributed by atoms with E-state index < -0.39 is 12.0 Å². The summed E-state index contributed by atoms with van der Waals surface area (Å²) in [6.45, 7) is 3.70. The van der Waals surface area contributed by atoms with Crippen molar-refractivity contribution in [1.29, 1.82) is 0 Å². The van der Waals surface area contributed by atoms with Crippen LogP contribution in [0, 0.1) is 0 Å². The second-order valence-corrected chi connectivity index (χ2v) is 7.16. The predicted molar refractivity (Wildman–Crippen MR) is 90.4 cm³/mol. The lowest BCUT2D eigenvalue weighted by atomic mass is 10.2. The van der Waals surface area contributed by atoms with E-state index in [9.17, 15) is 13.2 Å². The first-order chi connectivity index (χ1) is 11.8. The van der Waals surface area contributed by atoms with E-state index in [-0.39, 0.29) is 23.0 Å². The molecule has 0 atom stereocenters. The summed E-state index contributed by atoms with van der Waals surface area (Å²) in [6.07, 6.45) is -1.50. The molecule has 0 saturated heterocycles. The first kappa shape index (κ1) is 17.7. The molecule has 0 unspecified atom stereocenters. The summed E-state index contributed by atoms with van der Waals surface area (Å²) in [5.74, 6) is -1.08. The number of hydrogen-bond acceptors (Lipinski definition) is 5. The Hall–Kier alpha value is -2.13. The Balaban J connectivity index is 2.36. The number of benzene rings is 1. The zero-order valence-electron chi connectivity index (χ0n) is 13.4. The SMILES string of the molecule is CC(C)Sc1nc2ccc(C=CCO)cc2n2c(C(F)(F)F)nnc12. The number of aliphatic hydroxyl groups is 1. The predicted octanol–water partition coefficient (Wildman–Crippen LogP) is 3.80. The van der Waals surface area contributed by atoms with Crippen LogP contribution in [0.1, 0.15) is 25.2 Å². The summed E-state index contributed by atoms with van der Waals surface area (Å²) >= 11 is 1.34. The highest BCUT2D eigenvalue weighted by atomic mass is 32.2. The van der Waals surface area contributed by atoms with Crippen LogP contribution in [-0.4, -0.2) is 36.5 Å². The van der Waals surface area contributed by atoms with Gasteiger partial charge in [-0.25, -0.2) is 4.98 Å². The van der Waals surface area contributed by atoms with Gasteiger partial charge in [0.2, 0.25) is 5.82 Å². The highest BCUT2D eigenvalue weighted by Crippen LogP contribution is 2.34. The number of aromatic nitrogens is 4. The molecule has 25 heavy (non-hydrogen) atoms. The molecule has 132 valence electrons. The van der Waals surface area contributed by atoms with Crippen molar-refractivity contribution in [3.8, 4) is 0 Å². The maximum atomic E-state index is 13.4. The van der Waals surface area contributed by atoms with Gasteiger partial charge >= 0.3 is 6.18 Å². The van der Waals surface area contributed by atoms with Gasteiger partial charge in [-0.1, -0.05) is 43.8 Å². The fourth-order valence-corrected chi connectivity index (χ4v) is 3.24. The molecule has 2 heterocycles. The van der Waals surface area contributed by atoms with Crippen LogP contribution in [0.2, 0.25) is 0 Å². The fraction of sp³-hybridized carbons (Fsp3) is 0.312. The van der Waals surface area contributed by atoms with Crippen LogP contribution in [0.5, 0.6) is 0 Å². The number of aliphatic hydroxyl groups excluding tert-OH is 1. The van der Waals surface area contributed by atoms with Crippen molar-refractivity contribution < 1.29 is 18.3 Å². The number of fused-ring (bicyclic) bond motifs is 3. The molecule has 1 aromatic carbocycles. The number of alkyl halides is 3. The number of hydrogen-bond donors (Lipinski definition) is 1. The lowest BCUT2D eigenvalue weighted by Gasteiger charge is -2.11. The summed E-state index contributed by atoms with van der Waals surface area (Å²) in [4.78, 5) is 4.46. The third-order valence-corrected chi connectivity index (χ3v) is 4.30. The van der Waals surface area contributed by atoms with Crippen LogP contribution < -0.4 is 0 Å². The van der Waals surface area contributed by atoms with E-state index in [0.29, 0.717) is 16.1 Å². The van der Waals surface area contributed by atoms with E-state index in [0.717, 1.165) is 4.40 Å². The van der Waals surface area contributed by atoms with Crippen molar-refractivity contribution in [3.05, 3.63) is 35.7 Å². The molecule has 0 aliphatic heterocycles.